The van der Waals surface area contributed by atoms with Gasteiger partial charge < -0.3 is 10.1 Å². The van der Waals surface area contributed by atoms with Gasteiger partial charge >= 0.3 is 0 Å². The Morgan fingerprint density at radius 2 is 2.05 bits per heavy atom. The fourth-order valence-electron chi connectivity index (χ4n) is 1.91. The van der Waals surface area contributed by atoms with E-state index in [0.717, 1.165) is 36.7 Å². The zero-order valence-corrected chi connectivity index (χ0v) is 11.4. The van der Waals surface area contributed by atoms with Crippen molar-refractivity contribution in [3.63, 3.8) is 0 Å². The molecule has 1 aromatic carbocycles. The van der Waals surface area contributed by atoms with E-state index >= 15 is 0 Å². The highest BCUT2D eigenvalue weighted by atomic mass is 16.5. The zero-order chi connectivity index (χ0) is 13.5. The van der Waals surface area contributed by atoms with Crippen molar-refractivity contribution in [2.75, 3.05) is 13.2 Å². The van der Waals surface area contributed by atoms with Crippen molar-refractivity contribution in [2.45, 2.75) is 26.3 Å². The average Bonchev–Trinajstić information content (AvgIpc) is 2.97. The fourth-order valence-corrected chi connectivity index (χ4v) is 1.91. The number of rotatable bonds is 7. The van der Waals surface area contributed by atoms with E-state index in [0.29, 0.717) is 0 Å². The molecule has 0 aliphatic heterocycles. The van der Waals surface area contributed by atoms with Crippen molar-refractivity contribution in [1.29, 1.82) is 0 Å². The monoisotopic (exact) mass is 260 g/mol. The smallest absolute Gasteiger partial charge is 0.145 e. The highest BCUT2D eigenvalue weighted by molar-refractivity contribution is 5.31. The molecule has 1 atom stereocenters. The van der Waals surface area contributed by atoms with E-state index in [4.69, 9.17) is 4.74 Å². The van der Waals surface area contributed by atoms with Crippen molar-refractivity contribution in [3.8, 4) is 5.75 Å². The number of hydrogen-bond donors (Lipinski definition) is 2. The summed E-state index contributed by atoms with van der Waals surface area (Å²) in [6.07, 6.45) is 2.54. The van der Waals surface area contributed by atoms with Gasteiger partial charge in [-0.3, -0.25) is 5.10 Å². The molecule has 102 valence electrons. The predicted octanol–water partition coefficient (Wildman–Crippen LogP) is 2.29. The number of aromatic amines is 1. The Hall–Kier alpha value is -1.88. The topological polar surface area (TPSA) is 62.8 Å². The van der Waals surface area contributed by atoms with Gasteiger partial charge in [-0.1, -0.05) is 26.0 Å². The molecule has 5 nitrogen and oxygen atoms in total. The molecule has 2 rings (SSSR count). The first-order valence-electron chi connectivity index (χ1n) is 6.66. The van der Waals surface area contributed by atoms with E-state index in [9.17, 15) is 0 Å². The number of nitrogens with zero attached hydrogens (tertiary/aromatic N) is 2. The van der Waals surface area contributed by atoms with Crippen molar-refractivity contribution in [1.82, 2.24) is 20.5 Å². The lowest BCUT2D eigenvalue weighted by molar-refractivity contribution is 0.317. The van der Waals surface area contributed by atoms with Crippen LogP contribution in [0.5, 0.6) is 5.75 Å². The van der Waals surface area contributed by atoms with Gasteiger partial charge in [0.25, 0.3) is 0 Å². The quantitative estimate of drug-likeness (QED) is 0.801. The summed E-state index contributed by atoms with van der Waals surface area (Å²) in [5, 5.41) is 10.2. The Morgan fingerprint density at radius 1 is 1.26 bits per heavy atom. The molecule has 19 heavy (non-hydrogen) atoms. The Morgan fingerprint density at radius 3 is 2.63 bits per heavy atom. The Labute approximate surface area is 113 Å². The first kappa shape index (κ1) is 13.5. The maximum Gasteiger partial charge on any atom is 0.145 e. The van der Waals surface area contributed by atoms with Gasteiger partial charge in [0.05, 0.1) is 12.6 Å². The minimum Gasteiger partial charge on any atom is -0.494 e. The van der Waals surface area contributed by atoms with E-state index in [1.54, 1.807) is 0 Å². The third-order valence-electron chi connectivity index (χ3n) is 2.80. The lowest BCUT2D eigenvalue weighted by Crippen LogP contribution is -2.23. The molecule has 1 heterocycles. The Balaban J connectivity index is 2.13. The standard InChI is InChI=1S/C14H20N4O/c1-3-9-19-12-7-5-11(6-8-12)13(15-4-2)14-16-10-17-18-14/h5-8,10,13,15H,3-4,9H2,1-2H3,(H,16,17,18). The minimum atomic E-state index is 0.0349. The van der Waals surface area contributed by atoms with E-state index in [1.807, 2.05) is 12.1 Å². The Bertz CT molecular complexity index is 467. The van der Waals surface area contributed by atoms with Gasteiger partial charge in [-0.25, -0.2) is 4.98 Å². The van der Waals surface area contributed by atoms with Gasteiger partial charge in [-0.05, 0) is 30.7 Å². The first-order valence-corrected chi connectivity index (χ1v) is 6.66. The second-order valence-electron chi connectivity index (χ2n) is 4.28. The largest absolute Gasteiger partial charge is 0.494 e. The van der Waals surface area contributed by atoms with Crippen LogP contribution in [0.1, 0.15) is 37.7 Å². The van der Waals surface area contributed by atoms with Gasteiger partial charge in [0.1, 0.15) is 17.9 Å². The molecular formula is C14H20N4O. The molecule has 1 aromatic heterocycles. The van der Waals surface area contributed by atoms with Gasteiger partial charge in [-0.15, -0.1) is 0 Å². The summed E-state index contributed by atoms with van der Waals surface area (Å²) in [5.74, 6) is 1.72. The van der Waals surface area contributed by atoms with Crippen LogP contribution in [0.2, 0.25) is 0 Å². The molecule has 0 fully saturated rings. The molecule has 0 aliphatic carbocycles. The number of hydrogen-bond acceptors (Lipinski definition) is 4. The van der Waals surface area contributed by atoms with Crippen LogP contribution in [0, 0.1) is 0 Å². The van der Waals surface area contributed by atoms with Crippen molar-refractivity contribution < 1.29 is 4.74 Å². The van der Waals surface area contributed by atoms with E-state index in [1.165, 1.54) is 6.33 Å². The van der Waals surface area contributed by atoms with Crippen LogP contribution >= 0.6 is 0 Å². The van der Waals surface area contributed by atoms with Crippen LogP contribution < -0.4 is 10.1 Å². The molecule has 0 spiro atoms. The molecule has 0 saturated carbocycles. The summed E-state index contributed by atoms with van der Waals surface area (Å²) in [7, 11) is 0. The van der Waals surface area contributed by atoms with Crippen LogP contribution in [-0.2, 0) is 0 Å². The summed E-state index contributed by atoms with van der Waals surface area (Å²) >= 11 is 0. The van der Waals surface area contributed by atoms with Gasteiger partial charge in [0, 0.05) is 0 Å². The number of ether oxygens (including phenoxy) is 1. The Kier molecular flexibility index (Phi) is 4.92. The first-order chi connectivity index (χ1) is 9.35. The van der Waals surface area contributed by atoms with E-state index in [-0.39, 0.29) is 6.04 Å². The summed E-state index contributed by atoms with van der Waals surface area (Å²) in [6.45, 7) is 5.78. The second kappa shape index (κ2) is 6.89. The minimum absolute atomic E-state index is 0.0349. The third-order valence-corrected chi connectivity index (χ3v) is 2.80. The predicted molar refractivity (Wildman–Crippen MR) is 74.1 cm³/mol. The fraction of sp³-hybridized carbons (Fsp3) is 0.429. The number of H-pyrrole nitrogens is 1. The molecule has 0 saturated heterocycles. The van der Waals surface area contributed by atoms with Gasteiger partial charge in [-0.2, -0.15) is 5.10 Å². The molecule has 5 heteroatoms. The van der Waals surface area contributed by atoms with Crippen molar-refractivity contribution >= 4 is 0 Å². The lowest BCUT2D eigenvalue weighted by Gasteiger charge is -2.16. The SMILES string of the molecule is CCCOc1ccc(C(NCC)c2ncn[nH]2)cc1. The highest BCUT2D eigenvalue weighted by Gasteiger charge is 2.15. The zero-order valence-electron chi connectivity index (χ0n) is 11.4. The maximum atomic E-state index is 5.58. The number of benzene rings is 1. The molecule has 2 N–H and O–H groups in total. The number of aromatic nitrogens is 3. The average molecular weight is 260 g/mol. The third kappa shape index (κ3) is 3.54. The van der Waals surface area contributed by atoms with Crippen molar-refractivity contribution in [2.24, 2.45) is 0 Å². The molecule has 0 aliphatic rings. The van der Waals surface area contributed by atoms with Crippen LogP contribution in [0.3, 0.4) is 0 Å². The molecule has 0 bridgehead atoms. The highest BCUT2D eigenvalue weighted by Crippen LogP contribution is 2.21. The summed E-state index contributed by atoms with van der Waals surface area (Å²) in [6, 6.07) is 8.13. The van der Waals surface area contributed by atoms with Gasteiger partial charge in [0.15, 0.2) is 0 Å². The van der Waals surface area contributed by atoms with Crippen LogP contribution in [-0.4, -0.2) is 28.3 Å². The van der Waals surface area contributed by atoms with Gasteiger partial charge in [0.2, 0.25) is 0 Å². The number of nitrogens with one attached hydrogen (secondary N) is 2. The summed E-state index contributed by atoms with van der Waals surface area (Å²) in [4.78, 5) is 4.22. The second-order valence-corrected chi connectivity index (χ2v) is 4.28. The molecular weight excluding hydrogens is 240 g/mol. The van der Waals surface area contributed by atoms with E-state index in [2.05, 4.69) is 46.5 Å². The molecule has 2 aromatic rings. The molecule has 0 amide bonds. The summed E-state index contributed by atoms with van der Waals surface area (Å²) in [5.41, 5.74) is 1.14. The van der Waals surface area contributed by atoms with Crippen LogP contribution in [0.25, 0.3) is 0 Å². The molecule has 0 radical (unpaired) electrons. The van der Waals surface area contributed by atoms with Crippen LogP contribution in [0.4, 0.5) is 0 Å². The maximum absolute atomic E-state index is 5.58. The van der Waals surface area contributed by atoms with Crippen LogP contribution in [0.15, 0.2) is 30.6 Å². The normalized spacial score (nSPS) is 12.3. The molecule has 1 unspecified atom stereocenters. The van der Waals surface area contributed by atoms with Crippen molar-refractivity contribution in [3.05, 3.63) is 42.0 Å². The summed E-state index contributed by atoms with van der Waals surface area (Å²) < 4.78 is 5.58. The lowest BCUT2D eigenvalue weighted by atomic mass is 10.1. The van der Waals surface area contributed by atoms with E-state index < -0.39 is 0 Å².